The minimum absolute atomic E-state index is 0.417. The van der Waals surface area contributed by atoms with Crippen molar-refractivity contribution in [2.24, 2.45) is 0 Å². The highest BCUT2D eigenvalue weighted by Crippen LogP contribution is 2.47. The van der Waals surface area contributed by atoms with Crippen LogP contribution in [0.5, 0.6) is 0 Å². The second-order valence-electron chi connectivity index (χ2n) is 6.42. The van der Waals surface area contributed by atoms with Gasteiger partial charge in [0.05, 0.1) is 0 Å². The van der Waals surface area contributed by atoms with Gasteiger partial charge in [-0.25, -0.2) is 0 Å². The largest absolute Gasteiger partial charge is 0.316 e. The van der Waals surface area contributed by atoms with Gasteiger partial charge in [0.25, 0.3) is 0 Å². The maximum atomic E-state index is 3.63. The van der Waals surface area contributed by atoms with Crippen molar-refractivity contribution in [2.75, 3.05) is 7.05 Å². The fourth-order valence-electron chi connectivity index (χ4n) is 3.82. The highest BCUT2D eigenvalue weighted by Gasteiger charge is 2.44. The smallest absolute Gasteiger partial charge is 0.0161 e. The van der Waals surface area contributed by atoms with Gasteiger partial charge in [-0.1, -0.05) is 75.8 Å². The van der Waals surface area contributed by atoms with E-state index >= 15 is 0 Å². The molecule has 0 aliphatic heterocycles. The maximum absolute atomic E-state index is 3.63. The van der Waals surface area contributed by atoms with Gasteiger partial charge in [-0.2, -0.15) is 0 Å². The lowest BCUT2D eigenvalue weighted by atomic mass is 9.59. The average molecular weight is 273 g/mol. The normalized spacial score (nSPS) is 18.5. The summed E-state index contributed by atoms with van der Waals surface area (Å²) in [6.45, 7) is 2.29. The zero-order valence-electron chi connectivity index (χ0n) is 13.3. The van der Waals surface area contributed by atoms with Crippen LogP contribution in [0.25, 0.3) is 0 Å². The van der Waals surface area contributed by atoms with Crippen LogP contribution in [0.15, 0.2) is 30.3 Å². The van der Waals surface area contributed by atoms with Crippen molar-refractivity contribution in [1.82, 2.24) is 5.32 Å². The van der Waals surface area contributed by atoms with Crippen molar-refractivity contribution in [3.63, 3.8) is 0 Å². The predicted molar refractivity (Wildman–Crippen MR) is 88.2 cm³/mol. The van der Waals surface area contributed by atoms with E-state index in [1.54, 1.807) is 5.56 Å². The number of benzene rings is 1. The van der Waals surface area contributed by atoms with Crippen LogP contribution in [0.4, 0.5) is 0 Å². The Morgan fingerprint density at radius 3 is 2.30 bits per heavy atom. The van der Waals surface area contributed by atoms with Gasteiger partial charge in [0.15, 0.2) is 0 Å². The molecule has 112 valence electrons. The lowest BCUT2D eigenvalue weighted by Gasteiger charge is -2.48. The number of nitrogens with one attached hydrogen (secondary N) is 1. The summed E-state index contributed by atoms with van der Waals surface area (Å²) in [6.07, 6.45) is 12.4. The maximum Gasteiger partial charge on any atom is 0.0161 e. The molecule has 1 heteroatoms. The molecule has 0 bridgehead atoms. The molecule has 1 aromatic carbocycles. The molecule has 0 heterocycles. The Kier molecular flexibility index (Phi) is 6.09. The minimum atomic E-state index is 0.417. The zero-order chi connectivity index (χ0) is 14.3. The van der Waals surface area contributed by atoms with Crippen LogP contribution in [-0.2, 0) is 5.41 Å². The van der Waals surface area contributed by atoms with Gasteiger partial charge in [-0.05, 0) is 31.9 Å². The van der Waals surface area contributed by atoms with Crippen LogP contribution in [0.2, 0.25) is 0 Å². The second-order valence-corrected chi connectivity index (χ2v) is 6.42. The van der Waals surface area contributed by atoms with Gasteiger partial charge in [0, 0.05) is 11.5 Å². The third kappa shape index (κ3) is 3.44. The van der Waals surface area contributed by atoms with Gasteiger partial charge in [-0.15, -0.1) is 0 Å². The van der Waals surface area contributed by atoms with Crippen molar-refractivity contribution in [2.45, 2.75) is 76.2 Å². The summed E-state index contributed by atoms with van der Waals surface area (Å²) in [5.41, 5.74) is 1.97. The molecule has 1 saturated carbocycles. The lowest BCUT2D eigenvalue weighted by Crippen LogP contribution is -2.51. The molecular formula is C19H31N. The van der Waals surface area contributed by atoms with Gasteiger partial charge in [0.2, 0.25) is 0 Å². The van der Waals surface area contributed by atoms with Crippen molar-refractivity contribution in [1.29, 1.82) is 0 Å². The Labute approximate surface area is 125 Å². The standard InChI is InChI=1S/C19H31N/c1-3-4-5-6-10-14-18(20-2)19(15-11-16-19)17-12-8-7-9-13-17/h7-9,12-13,18,20H,3-6,10-11,14-16H2,1-2H3. The minimum Gasteiger partial charge on any atom is -0.316 e. The average Bonchev–Trinajstić information content (AvgIpc) is 2.45. The quantitative estimate of drug-likeness (QED) is 0.620. The Bertz CT molecular complexity index is 367. The summed E-state index contributed by atoms with van der Waals surface area (Å²) in [6, 6.07) is 11.9. The topological polar surface area (TPSA) is 12.0 Å². The van der Waals surface area contributed by atoms with E-state index in [2.05, 4.69) is 49.6 Å². The van der Waals surface area contributed by atoms with Crippen LogP contribution < -0.4 is 5.32 Å². The van der Waals surface area contributed by atoms with E-state index in [1.807, 2.05) is 0 Å². The summed E-state index contributed by atoms with van der Waals surface area (Å²) in [4.78, 5) is 0. The van der Waals surface area contributed by atoms with E-state index in [9.17, 15) is 0 Å². The van der Waals surface area contributed by atoms with Gasteiger partial charge in [0.1, 0.15) is 0 Å². The van der Waals surface area contributed by atoms with Crippen LogP contribution in [0, 0.1) is 0 Å². The zero-order valence-corrected chi connectivity index (χ0v) is 13.3. The van der Waals surface area contributed by atoms with Crippen molar-refractivity contribution in [3.8, 4) is 0 Å². The highest BCUT2D eigenvalue weighted by atomic mass is 14.9. The van der Waals surface area contributed by atoms with Crippen molar-refractivity contribution >= 4 is 0 Å². The molecule has 1 aromatic rings. The summed E-state index contributed by atoms with van der Waals surface area (Å²) in [7, 11) is 2.15. The number of hydrogen-bond acceptors (Lipinski definition) is 1. The molecule has 0 radical (unpaired) electrons. The van der Waals surface area contributed by atoms with E-state index in [-0.39, 0.29) is 0 Å². The Morgan fingerprint density at radius 1 is 1.05 bits per heavy atom. The molecule has 0 aromatic heterocycles. The predicted octanol–water partition coefficient (Wildman–Crippen LogP) is 5.06. The fraction of sp³-hybridized carbons (Fsp3) is 0.684. The van der Waals surface area contributed by atoms with E-state index in [0.29, 0.717) is 11.5 Å². The van der Waals surface area contributed by atoms with Crippen LogP contribution >= 0.6 is 0 Å². The molecule has 1 unspecified atom stereocenters. The fourth-order valence-corrected chi connectivity index (χ4v) is 3.82. The summed E-state index contributed by atoms with van der Waals surface area (Å²) < 4.78 is 0. The number of rotatable bonds is 9. The second kappa shape index (κ2) is 7.83. The molecule has 1 aliphatic carbocycles. The molecule has 0 spiro atoms. The Balaban J connectivity index is 1.94. The molecule has 1 aliphatic rings. The molecule has 0 saturated heterocycles. The molecule has 20 heavy (non-hydrogen) atoms. The monoisotopic (exact) mass is 273 g/mol. The Hall–Kier alpha value is -0.820. The molecule has 1 N–H and O–H groups in total. The van der Waals surface area contributed by atoms with E-state index < -0.39 is 0 Å². The first-order chi connectivity index (χ1) is 9.83. The Morgan fingerprint density at radius 2 is 1.75 bits per heavy atom. The first-order valence-electron chi connectivity index (χ1n) is 8.56. The van der Waals surface area contributed by atoms with Crippen molar-refractivity contribution in [3.05, 3.63) is 35.9 Å². The van der Waals surface area contributed by atoms with Gasteiger partial charge < -0.3 is 5.32 Å². The van der Waals surface area contributed by atoms with Crippen molar-refractivity contribution < 1.29 is 0 Å². The first-order valence-corrected chi connectivity index (χ1v) is 8.56. The van der Waals surface area contributed by atoms with E-state index in [1.165, 1.54) is 57.8 Å². The van der Waals surface area contributed by atoms with Crippen LogP contribution in [-0.4, -0.2) is 13.1 Å². The molecule has 2 rings (SSSR count). The number of likely N-dealkylation sites (N-methyl/N-ethyl adjacent to an activating group) is 1. The van der Waals surface area contributed by atoms with E-state index in [0.717, 1.165) is 0 Å². The van der Waals surface area contributed by atoms with Gasteiger partial charge >= 0.3 is 0 Å². The third-order valence-corrected chi connectivity index (χ3v) is 5.21. The summed E-state index contributed by atoms with van der Waals surface area (Å²) >= 11 is 0. The molecule has 1 atom stereocenters. The number of hydrogen-bond donors (Lipinski definition) is 1. The molecule has 1 fully saturated rings. The number of unbranched alkanes of at least 4 members (excludes halogenated alkanes) is 4. The van der Waals surface area contributed by atoms with Crippen LogP contribution in [0.3, 0.4) is 0 Å². The highest BCUT2D eigenvalue weighted by molar-refractivity contribution is 5.30. The molecule has 1 nitrogen and oxygen atoms in total. The molecule has 0 amide bonds. The van der Waals surface area contributed by atoms with E-state index in [4.69, 9.17) is 0 Å². The molecular weight excluding hydrogens is 242 g/mol. The summed E-state index contributed by atoms with van der Waals surface area (Å²) in [5.74, 6) is 0. The third-order valence-electron chi connectivity index (χ3n) is 5.21. The summed E-state index contributed by atoms with van der Waals surface area (Å²) in [5, 5.41) is 3.63. The van der Waals surface area contributed by atoms with Crippen LogP contribution in [0.1, 0.15) is 70.3 Å². The SMILES string of the molecule is CCCCCCCC(NC)C1(c2ccccc2)CCC1. The van der Waals surface area contributed by atoms with Gasteiger partial charge in [-0.3, -0.25) is 0 Å². The lowest BCUT2D eigenvalue weighted by molar-refractivity contribution is 0.165. The first kappa shape index (κ1) is 15.6.